The highest BCUT2D eigenvalue weighted by molar-refractivity contribution is 7.89. The molecule has 0 unspecified atom stereocenters. The van der Waals surface area contributed by atoms with Gasteiger partial charge in [0.1, 0.15) is 6.33 Å². The van der Waals surface area contributed by atoms with E-state index in [4.69, 9.17) is 0 Å². The number of benzene rings is 1. The summed E-state index contributed by atoms with van der Waals surface area (Å²) in [4.78, 5) is 16.5. The predicted octanol–water partition coefficient (Wildman–Crippen LogP) is 1.72. The first kappa shape index (κ1) is 18.1. The van der Waals surface area contributed by atoms with Gasteiger partial charge in [-0.05, 0) is 61.8 Å². The Bertz CT molecular complexity index is 918. The van der Waals surface area contributed by atoms with Gasteiger partial charge in [-0.25, -0.2) is 13.5 Å². The van der Waals surface area contributed by atoms with Crippen LogP contribution in [0.5, 0.6) is 0 Å². The van der Waals surface area contributed by atoms with Crippen LogP contribution < -0.4 is 5.32 Å². The lowest BCUT2D eigenvalue weighted by molar-refractivity contribution is -0.121. The monoisotopic (exact) mass is 389 g/mol. The Labute approximate surface area is 158 Å². The molecular formula is C18H23N5O3S. The zero-order valence-corrected chi connectivity index (χ0v) is 15.8. The van der Waals surface area contributed by atoms with Gasteiger partial charge in [0.05, 0.1) is 4.90 Å². The summed E-state index contributed by atoms with van der Waals surface area (Å²) < 4.78 is 27.5. The van der Waals surface area contributed by atoms with Gasteiger partial charge in [-0.1, -0.05) is 6.07 Å². The first-order valence-corrected chi connectivity index (χ1v) is 10.8. The fourth-order valence-corrected chi connectivity index (χ4v) is 5.38. The highest BCUT2D eigenvalue weighted by atomic mass is 32.2. The number of H-pyrrole nitrogens is 1. The number of nitrogens with one attached hydrogen (secondary N) is 2. The van der Waals surface area contributed by atoms with Crippen LogP contribution >= 0.6 is 0 Å². The van der Waals surface area contributed by atoms with Crippen LogP contribution in [-0.2, 0) is 27.7 Å². The Morgan fingerprint density at radius 1 is 1.15 bits per heavy atom. The number of carbonyl (C=O) groups is 1. The summed E-state index contributed by atoms with van der Waals surface area (Å²) in [5.41, 5.74) is 2.42. The molecule has 2 N–H and O–H groups in total. The fourth-order valence-electron chi connectivity index (χ4n) is 3.86. The average Bonchev–Trinajstić information content (AvgIpc) is 3.20. The van der Waals surface area contributed by atoms with Crippen molar-refractivity contribution in [3.63, 3.8) is 0 Å². The number of amides is 1. The Morgan fingerprint density at radius 3 is 2.59 bits per heavy atom. The Kier molecular flexibility index (Phi) is 4.96. The van der Waals surface area contributed by atoms with Crippen molar-refractivity contribution in [3.8, 4) is 0 Å². The van der Waals surface area contributed by atoms with E-state index in [9.17, 15) is 13.2 Å². The minimum Gasteiger partial charge on any atom is -0.295 e. The molecule has 27 heavy (non-hydrogen) atoms. The number of hydrogen-bond donors (Lipinski definition) is 2. The third kappa shape index (κ3) is 3.74. The fraction of sp³-hybridized carbons (Fsp3) is 0.500. The summed E-state index contributed by atoms with van der Waals surface area (Å²) in [6.07, 6.45) is 6.56. The van der Waals surface area contributed by atoms with Crippen molar-refractivity contribution in [2.45, 2.75) is 43.4 Å². The van der Waals surface area contributed by atoms with Gasteiger partial charge in [0.15, 0.2) is 0 Å². The first-order valence-electron chi connectivity index (χ1n) is 9.32. The van der Waals surface area contributed by atoms with Gasteiger partial charge in [-0.2, -0.15) is 14.4 Å². The number of anilines is 1. The molecule has 4 rings (SSSR count). The van der Waals surface area contributed by atoms with E-state index in [0.29, 0.717) is 36.8 Å². The number of fused-ring (bicyclic) bond motifs is 1. The van der Waals surface area contributed by atoms with E-state index in [1.165, 1.54) is 22.6 Å². The summed E-state index contributed by atoms with van der Waals surface area (Å²) in [6.45, 7) is 0.682. The molecule has 1 saturated heterocycles. The number of hydrogen-bond acceptors (Lipinski definition) is 5. The third-order valence-electron chi connectivity index (χ3n) is 5.44. The van der Waals surface area contributed by atoms with Crippen molar-refractivity contribution in [2.75, 3.05) is 18.4 Å². The van der Waals surface area contributed by atoms with Crippen LogP contribution in [0.25, 0.3) is 0 Å². The lowest BCUT2D eigenvalue weighted by Crippen LogP contribution is -2.41. The summed E-state index contributed by atoms with van der Waals surface area (Å²) in [7, 11) is -3.52. The molecule has 1 aromatic heterocycles. The lowest BCUT2D eigenvalue weighted by Gasteiger charge is -2.30. The second-order valence-electron chi connectivity index (χ2n) is 7.14. The maximum absolute atomic E-state index is 13.0. The van der Waals surface area contributed by atoms with Crippen molar-refractivity contribution >= 4 is 21.9 Å². The summed E-state index contributed by atoms with van der Waals surface area (Å²) in [5.74, 6) is -0.0771. The van der Waals surface area contributed by atoms with Crippen LogP contribution in [0.15, 0.2) is 29.4 Å². The summed E-state index contributed by atoms with van der Waals surface area (Å²) in [5, 5.41) is 8.95. The van der Waals surface area contributed by atoms with Crippen molar-refractivity contribution in [1.82, 2.24) is 19.5 Å². The molecule has 0 spiro atoms. The zero-order chi connectivity index (χ0) is 18.9. The molecule has 1 amide bonds. The lowest BCUT2D eigenvalue weighted by atomic mass is 9.92. The average molecular weight is 389 g/mol. The molecule has 0 saturated carbocycles. The van der Waals surface area contributed by atoms with Gasteiger partial charge in [-0.15, -0.1) is 0 Å². The van der Waals surface area contributed by atoms with Crippen molar-refractivity contribution in [3.05, 3.63) is 35.7 Å². The molecule has 2 aromatic rings. The quantitative estimate of drug-likeness (QED) is 0.828. The Morgan fingerprint density at radius 2 is 1.89 bits per heavy atom. The minimum atomic E-state index is -3.52. The van der Waals surface area contributed by atoms with Gasteiger partial charge < -0.3 is 0 Å². The molecule has 1 fully saturated rings. The molecule has 2 heterocycles. The van der Waals surface area contributed by atoms with E-state index in [1.54, 1.807) is 6.07 Å². The van der Waals surface area contributed by atoms with Crippen LogP contribution in [-0.4, -0.2) is 46.9 Å². The maximum atomic E-state index is 13.0. The molecule has 1 aliphatic heterocycles. The number of aromatic nitrogens is 3. The van der Waals surface area contributed by atoms with Crippen LogP contribution in [0.4, 0.5) is 5.95 Å². The van der Waals surface area contributed by atoms with Crippen LogP contribution in [0.1, 0.15) is 36.8 Å². The van der Waals surface area contributed by atoms with Crippen LogP contribution in [0.3, 0.4) is 0 Å². The highest BCUT2D eigenvalue weighted by Crippen LogP contribution is 2.28. The normalized spacial score (nSPS) is 18.8. The Balaban J connectivity index is 1.42. The van der Waals surface area contributed by atoms with Crippen molar-refractivity contribution in [1.29, 1.82) is 0 Å². The first-order chi connectivity index (χ1) is 13.0. The van der Waals surface area contributed by atoms with Crippen molar-refractivity contribution < 1.29 is 13.2 Å². The van der Waals surface area contributed by atoms with E-state index >= 15 is 0 Å². The van der Waals surface area contributed by atoms with E-state index < -0.39 is 10.0 Å². The van der Waals surface area contributed by atoms with E-state index in [2.05, 4.69) is 20.5 Å². The molecule has 1 aromatic carbocycles. The molecule has 9 heteroatoms. The molecule has 0 radical (unpaired) electrons. The zero-order valence-electron chi connectivity index (χ0n) is 15.0. The van der Waals surface area contributed by atoms with Gasteiger partial charge in [0.2, 0.25) is 21.9 Å². The van der Waals surface area contributed by atoms with Crippen LogP contribution in [0, 0.1) is 5.92 Å². The number of carbonyl (C=O) groups excluding carboxylic acids is 1. The molecule has 144 valence electrons. The summed E-state index contributed by atoms with van der Waals surface area (Å²) >= 11 is 0. The molecule has 8 nitrogen and oxygen atoms in total. The maximum Gasteiger partial charge on any atom is 0.243 e. The van der Waals surface area contributed by atoms with Gasteiger partial charge in [0, 0.05) is 19.0 Å². The molecule has 2 aliphatic rings. The molecule has 0 atom stereocenters. The van der Waals surface area contributed by atoms with Crippen LogP contribution in [0.2, 0.25) is 0 Å². The SMILES string of the molecule is O=C(Nc1ncn[nH]1)C1CCN(S(=O)(=O)c2ccc3c(c2)CCCC3)CC1. The van der Waals surface area contributed by atoms with E-state index in [0.717, 1.165) is 24.8 Å². The molecule has 1 aliphatic carbocycles. The van der Waals surface area contributed by atoms with Gasteiger partial charge >= 0.3 is 0 Å². The molecule has 0 bridgehead atoms. The number of piperidine rings is 1. The van der Waals surface area contributed by atoms with E-state index in [1.807, 2.05) is 12.1 Å². The highest BCUT2D eigenvalue weighted by Gasteiger charge is 2.32. The van der Waals surface area contributed by atoms with Gasteiger partial charge in [-0.3, -0.25) is 10.1 Å². The summed E-state index contributed by atoms with van der Waals surface area (Å²) in [6, 6.07) is 5.52. The second kappa shape index (κ2) is 7.40. The Hall–Kier alpha value is -2.26. The second-order valence-corrected chi connectivity index (χ2v) is 9.08. The smallest absolute Gasteiger partial charge is 0.243 e. The molecular weight excluding hydrogens is 366 g/mol. The van der Waals surface area contributed by atoms with E-state index in [-0.39, 0.29) is 11.8 Å². The predicted molar refractivity (Wildman–Crippen MR) is 99.6 cm³/mol. The number of aryl methyl sites for hydroxylation is 2. The third-order valence-corrected chi connectivity index (χ3v) is 7.33. The van der Waals surface area contributed by atoms with Crippen molar-refractivity contribution in [2.24, 2.45) is 5.92 Å². The van der Waals surface area contributed by atoms with Gasteiger partial charge in [0.25, 0.3) is 0 Å². The number of rotatable bonds is 4. The largest absolute Gasteiger partial charge is 0.295 e. The minimum absolute atomic E-state index is 0.155. The number of aromatic amines is 1. The standard InChI is InChI=1S/C18H23N5O3S/c24-17(21-18-19-12-20-22-18)14-7-9-23(10-8-14)27(25,26)16-6-5-13-3-1-2-4-15(13)11-16/h5-6,11-12,14H,1-4,7-10H2,(H2,19,20,21,22,24). The topological polar surface area (TPSA) is 108 Å². The number of nitrogens with zero attached hydrogens (tertiary/aromatic N) is 3. The number of sulfonamides is 1.